The summed E-state index contributed by atoms with van der Waals surface area (Å²) in [7, 11) is 1.60. The summed E-state index contributed by atoms with van der Waals surface area (Å²) in [6.07, 6.45) is 0.823. The molecule has 0 saturated heterocycles. The molecule has 2 N–H and O–H groups in total. The van der Waals surface area contributed by atoms with Crippen molar-refractivity contribution in [1.82, 2.24) is 4.98 Å². The molecule has 1 aromatic heterocycles. The number of hydrogen-bond acceptors (Lipinski definition) is 5. The van der Waals surface area contributed by atoms with Gasteiger partial charge in [-0.1, -0.05) is 18.2 Å². The van der Waals surface area contributed by atoms with Gasteiger partial charge in [-0.25, -0.2) is 0 Å². The van der Waals surface area contributed by atoms with Crippen LogP contribution in [0.5, 0.6) is 11.5 Å². The summed E-state index contributed by atoms with van der Waals surface area (Å²) in [6.45, 7) is 2.37. The second-order valence-electron chi connectivity index (χ2n) is 7.62. The maximum atomic E-state index is 12.9. The van der Waals surface area contributed by atoms with Crippen molar-refractivity contribution in [2.75, 3.05) is 19.0 Å². The fourth-order valence-electron chi connectivity index (χ4n) is 3.94. The van der Waals surface area contributed by atoms with Crippen molar-refractivity contribution in [2.45, 2.75) is 25.7 Å². The number of fused-ring (bicyclic) bond motifs is 1. The van der Waals surface area contributed by atoms with Crippen LogP contribution in [-0.2, 0) is 6.42 Å². The van der Waals surface area contributed by atoms with Crippen LogP contribution >= 0.6 is 0 Å². The van der Waals surface area contributed by atoms with E-state index in [0.29, 0.717) is 42.1 Å². The average molecular weight is 432 g/mol. The van der Waals surface area contributed by atoms with Crippen LogP contribution in [0, 0.1) is 0 Å². The van der Waals surface area contributed by atoms with Crippen LogP contribution in [-0.4, -0.2) is 30.4 Å². The van der Waals surface area contributed by atoms with Gasteiger partial charge in [-0.05, 0) is 55.2 Å². The van der Waals surface area contributed by atoms with Gasteiger partial charge in [0.15, 0.2) is 5.78 Å². The van der Waals surface area contributed by atoms with Crippen LogP contribution in [0.2, 0.25) is 0 Å². The molecule has 0 aliphatic heterocycles. The molecular formula is C25H24N2O5. The highest BCUT2D eigenvalue weighted by Crippen LogP contribution is 2.32. The highest BCUT2D eigenvalue weighted by atomic mass is 16.5. The molecule has 7 nitrogen and oxygen atoms in total. The number of carbonyl (C=O) groups is 2. The lowest BCUT2D eigenvalue weighted by atomic mass is 9.81. The van der Waals surface area contributed by atoms with E-state index in [0.717, 1.165) is 11.3 Å². The van der Waals surface area contributed by atoms with Crippen LogP contribution in [0.15, 0.2) is 59.4 Å². The molecule has 1 atom stereocenters. The van der Waals surface area contributed by atoms with Crippen LogP contribution in [0.4, 0.5) is 5.69 Å². The molecule has 164 valence electrons. The molecule has 0 saturated carbocycles. The van der Waals surface area contributed by atoms with Crippen molar-refractivity contribution in [3.8, 4) is 11.5 Å². The topological polar surface area (TPSA) is 97.5 Å². The van der Waals surface area contributed by atoms with E-state index in [2.05, 4.69) is 10.3 Å². The number of benzene rings is 2. The van der Waals surface area contributed by atoms with Crippen LogP contribution in [0.3, 0.4) is 0 Å². The zero-order valence-corrected chi connectivity index (χ0v) is 17.9. The number of Topliss-reactive ketones (excluding diaryl/α,β-unsaturated/α-hetero) is 1. The number of ether oxygens (including phenoxy) is 2. The molecule has 4 rings (SSSR count). The van der Waals surface area contributed by atoms with E-state index in [1.807, 2.05) is 31.2 Å². The number of rotatable bonds is 6. The molecule has 0 radical (unpaired) electrons. The van der Waals surface area contributed by atoms with Gasteiger partial charge in [-0.3, -0.25) is 14.4 Å². The van der Waals surface area contributed by atoms with Crippen LogP contribution < -0.4 is 20.3 Å². The normalized spacial score (nSPS) is 15.1. The minimum Gasteiger partial charge on any atom is -0.497 e. The van der Waals surface area contributed by atoms with Crippen molar-refractivity contribution < 1.29 is 19.1 Å². The summed E-state index contributed by atoms with van der Waals surface area (Å²) in [4.78, 5) is 41.0. The third kappa shape index (κ3) is 4.42. The fourth-order valence-corrected chi connectivity index (χ4v) is 3.94. The zero-order valence-electron chi connectivity index (χ0n) is 17.9. The molecule has 2 aromatic carbocycles. The summed E-state index contributed by atoms with van der Waals surface area (Å²) in [5.41, 5.74) is 1.84. The van der Waals surface area contributed by atoms with Gasteiger partial charge in [0.25, 0.3) is 11.5 Å². The standard InChI is InChI=1S/C25H24N2O5/c1-3-32-19-6-4-5-17(13-19)26-24(29)21-14-20-22(27-25(21)30)11-16(12-23(20)28)15-7-9-18(31-2)10-8-15/h4-10,13-14,16H,3,11-12H2,1-2H3,(H,26,29)(H,27,30)/t16-/m0/s1. The number of hydrogen-bond donors (Lipinski definition) is 2. The first kappa shape index (κ1) is 21.4. The molecule has 0 unspecified atom stereocenters. The van der Waals surface area contributed by atoms with Gasteiger partial charge in [0.05, 0.1) is 13.7 Å². The Balaban J connectivity index is 1.57. The number of ketones is 1. The Morgan fingerprint density at radius 3 is 2.56 bits per heavy atom. The summed E-state index contributed by atoms with van der Waals surface area (Å²) >= 11 is 0. The van der Waals surface area contributed by atoms with E-state index in [1.165, 1.54) is 6.07 Å². The monoisotopic (exact) mass is 432 g/mol. The number of aromatic amines is 1. The lowest BCUT2D eigenvalue weighted by Crippen LogP contribution is -2.29. The Kier molecular flexibility index (Phi) is 6.07. The largest absolute Gasteiger partial charge is 0.497 e. The van der Waals surface area contributed by atoms with E-state index in [1.54, 1.807) is 31.4 Å². The number of H-pyrrole nitrogens is 1. The van der Waals surface area contributed by atoms with E-state index in [4.69, 9.17) is 9.47 Å². The molecule has 1 amide bonds. The smallest absolute Gasteiger partial charge is 0.261 e. The van der Waals surface area contributed by atoms with Crippen LogP contribution in [0.25, 0.3) is 0 Å². The molecule has 3 aromatic rings. The third-order valence-electron chi connectivity index (χ3n) is 5.54. The lowest BCUT2D eigenvalue weighted by molar-refractivity contribution is 0.0963. The Bertz CT molecular complexity index is 1210. The highest BCUT2D eigenvalue weighted by Gasteiger charge is 2.29. The van der Waals surface area contributed by atoms with Gasteiger partial charge >= 0.3 is 0 Å². The molecule has 7 heteroatoms. The van der Waals surface area contributed by atoms with E-state index >= 15 is 0 Å². The summed E-state index contributed by atoms with van der Waals surface area (Å²) in [6, 6.07) is 15.9. The lowest BCUT2D eigenvalue weighted by Gasteiger charge is -2.24. The number of nitrogens with one attached hydrogen (secondary N) is 2. The second-order valence-corrected chi connectivity index (χ2v) is 7.62. The minimum absolute atomic E-state index is 0.0439. The molecule has 0 bridgehead atoms. The van der Waals surface area contributed by atoms with Crippen molar-refractivity contribution in [1.29, 1.82) is 0 Å². The van der Waals surface area contributed by atoms with Gasteiger partial charge < -0.3 is 19.8 Å². The molecular weight excluding hydrogens is 408 g/mol. The Morgan fingerprint density at radius 2 is 1.84 bits per heavy atom. The molecule has 1 aliphatic carbocycles. The van der Waals surface area contributed by atoms with Crippen molar-refractivity contribution in [2.24, 2.45) is 0 Å². The minimum atomic E-state index is -0.576. The number of anilines is 1. The van der Waals surface area contributed by atoms with Crippen molar-refractivity contribution in [3.63, 3.8) is 0 Å². The second kappa shape index (κ2) is 9.09. The number of pyridine rings is 1. The summed E-state index contributed by atoms with van der Waals surface area (Å²) in [5.74, 6) is 0.637. The SMILES string of the molecule is CCOc1cccc(NC(=O)c2cc3c([nH]c2=O)C[C@H](c2ccc(OC)cc2)CC3=O)c1. The van der Waals surface area contributed by atoms with Gasteiger partial charge in [0.2, 0.25) is 0 Å². The molecule has 0 spiro atoms. The Labute approximate surface area is 185 Å². The van der Waals surface area contributed by atoms with Gasteiger partial charge in [-0.15, -0.1) is 0 Å². The average Bonchev–Trinajstić information content (AvgIpc) is 2.79. The number of methoxy groups -OCH3 is 1. The van der Waals surface area contributed by atoms with Crippen molar-refractivity contribution in [3.05, 3.63) is 87.3 Å². The zero-order chi connectivity index (χ0) is 22.7. The maximum Gasteiger partial charge on any atom is 0.261 e. The first-order valence-electron chi connectivity index (χ1n) is 10.5. The Morgan fingerprint density at radius 1 is 1.06 bits per heavy atom. The van der Waals surface area contributed by atoms with Gasteiger partial charge in [-0.2, -0.15) is 0 Å². The quantitative estimate of drug-likeness (QED) is 0.615. The first-order valence-corrected chi connectivity index (χ1v) is 10.5. The van der Waals surface area contributed by atoms with Crippen molar-refractivity contribution >= 4 is 17.4 Å². The summed E-state index contributed by atoms with van der Waals surface area (Å²) in [5, 5.41) is 2.70. The van der Waals surface area contributed by atoms with Gasteiger partial charge in [0, 0.05) is 29.4 Å². The van der Waals surface area contributed by atoms with E-state index < -0.39 is 11.5 Å². The molecule has 1 heterocycles. The van der Waals surface area contributed by atoms with E-state index in [9.17, 15) is 14.4 Å². The Hall–Kier alpha value is -3.87. The van der Waals surface area contributed by atoms with Crippen LogP contribution in [0.1, 0.15) is 51.2 Å². The predicted octanol–water partition coefficient (Wildman–Crippen LogP) is 3.95. The third-order valence-corrected chi connectivity index (χ3v) is 5.54. The first-order chi connectivity index (χ1) is 15.5. The number of amides is 1. The summed E-state index contributed by atoms with van der Waals surface area (Å²) < 4.78 is 10.6. The number of carbonyl (C=O) groups excluding carboxylic acids is 2. The fraction of sp³-hybridized carbons (Fsp3) is 0.240. The predicted molar refractivity (Wildman–Crippen MR) is 121 cm³/mol. The highest BCUT2D eigenvalue weighted by molar-refractivity contribution is 6.06. The van der Waals surface area contributed by atoms with E-state index in [-0.39, 0.29) is 17.3 Å². The van der Waals surface area contributed by atoms with Gasteiger partial charge in [0.1, 0.15) is 17.1 Å². The molecule has 0 fully saturated rings. The maximum absolute atomic E-state index is 12.9. The number of aromatic nitrogens is 1. The molecule has 1 aliphatic rings. The molecule has 32 heavy (non-hydrogen) atoms.